The molecule has 3 aromatic carbocycles. The molecule has 0 aliphatic rings. The second-order valence-corrected chi connectivity index (χ2v) is 11.2. The molecule has 234 valence electrons. The first-order valence-corrected chi connectivity index (χ1v) is 16.6. The number of nitrogens with zero attached hydrogens (tertiary/aromatic N) is 3. The molecule has 4 rings (SSSR count). The molecule has 0 spiro atoms. The Hall–Kier alpha value is -3.93. The highest BCUT2D eigenvalue weighted by Gasteiger charge is 2.28. The molecule has 0 unspecified atom stereocenters. The Labute approximate surface area is 264 Å². The molecule has 6 heteroatoms. The van der Waals surface area contributed by atoms with Gasteiger partial charge in [0, 0.05) is 16.7 Å². The fourth-order valence-corrected chi connectivity index (χ4v) is 5.50. The number of benzene rings is 3. The first-order chi connectivity index (χ1) is 21.7. The fraction of sp³-hybridized carbons (Fsp3) is 0.447. The molecule has 0 bridgehead atoms. The van der Waals surface area contributed by atoms with E-state index in [0.29, 0.717) is 24.7 Å². The molecule has 0 amide bonds. The van der Waals surface area contributed by atoms with Crippen LogP contribution < -0.4 is 14.2 Å². The fourth-order valence-electron chi connectivity index (χ4n) is 5.50. The van der Waals surface area contributed by atoms with Crippen molar-refractivity contribution >= 4 is 0 Å². The molecule has 44 heavy (non-hydrogen) atoms. The minimum atomic E-state index is -0.516. The first-order valence-electron chi connectivity index (χ1n) is 16.6. The first kappa shape index (κ1) is 33.0. The third kappa shape index (κ3) is 8.81. The molecular formula is C38H49N3O3. The predicted octanol–water partition coefficient (Wildman–Crippen LogP) is 9.75. The number of para-hydroxylation sites is 2. The van der Waals surface area contributed by atoms with Crippen molar-refractivity contribution in [3.63, 3.8) is 0 Å². The number of unbranched alkanes of at least 4 members (excludes halogenated alkanes) is 6. The minimum absolute atomic E-state index is 0.516. The molecule has 6 nitrogen and oxygen atoms in total. The molecule has 0 aliphatic heterocycles. The van der Waals surface area contributed by atoms with Crippen LogP contribution in [0.3, 0.4) is 0 Å². The van der Waals surface area contributed by atoms with E-state index in [-0.39, 0.29) is 0 Å². The van der Waals surface area contributed by atoms with Crippen LogP contribution in [0.15, 0.2) is 72.9 Å². The summed E-state index contributed by atoms with van der Waals surface area (Å²) in [5.41, 5.74) is 5.83. The number of aromatic nitrogens is 3. The largest absolute Gasteiger partial charge is 0.493 e. The summed E-state index contributed by atoms with van der Waals surface area (Å²) in [6.45, 7) is 10.1. The van der Waals surface area contributed by atoms with Crippen LogP contribution in [-0.2, 0) is 12.8 Å². The quantitative estimate of drug-likeness (QED) is 0.101. The summed E-state index contributed by atoms with van der Waals surface area (Å²) in [5.74, 6) is 2.34. The molecule has 4 aromatic rings. The Morgan fingerprint density at radius 3 is 1.70 bits per heavy atom. The standard InChI is InChI=1S/C38H49N3O3/c1-5-9-11-16-26-42-36-29(7-3)22-18-24-32(36)38(44-34-28-39-41-40-35(34)31-20-14-13-15-21-31)33-25-19-23-30(8-4)37(33)43-27-17-12-10-6-2/h13-15,18-25,28,38H,5-12,16-17,26-27H2,1-4H3. The number of aryl methyl sites for hydroxylation is 2. The van der Waals surface area contributed by atoms with Gasteiger partial charge in [-0.3, -0.25) is 0 Å². The van der Waals surface area contributed by atoms with Crippen molar-refractivity contribution in [1.82, 2.24) is 15.4 Å². The zero-order chi connectivity index (χ0) is 31.0. The molecule has 0 saturated carbocycles. The molecule has 0 N–H and O–H groups in total. The van der Waals surface area contributed by atoms with Crippen LogP contribution in [0.5, 0.6) is 17.2 Å². The van der Waals surface area contributed by atoms with E-state index in [2.05, 4.69) is 79.5 Å². The topological polar surface area (TPSA) is 66.4 Å². The zero-order valence-electron chi connectivity index (χ0n) is 27.1. The Balaban J connectivity index is 1.82. The lowest BCUT2D eigenvalue weighted by Gasteiger charge is -2.27. The number of hydrogen-bond donors (Lipinski definition) is 0. The third-order valence-electron chi connectivity index (χ3n) is 7.97. The van der Waals surface area contributed by atoms with Gasteiger partial charge < -0.3 is 14.2 Å². The zero-order valence-corrected chi connectivity index (χ0v) is 27.1. The van der Waals surface area contributed by atoms with Crippen LogP contribution in [-0.4, -0.2) is 28.6 Å². The molecule has 1 aromatic heterocycles. The van der Waals surface area contributed by atoms with Gasteiger partial charge in [-0.05, 0) is 42.0 Å². The van der Waals surface area contributed by atoms with Gasteiger partial charge in [0.15, 0.2) is 11.9 Å². The van der Waals surface area contributed by atoms with Crippen molar-refractivity contribution in [2.45, 2.75) is 98.0 Å². The van der Waals surface area contributed by atoms with E-state index in [0.717, 1.165) is 77.8 Å². The monoisotopic (exact) mass is 595 g/mol. The molecule has 0 aliphatic carbocycles. The van der Waals surface area contributed by atoms with Crippen molar-refractivity contribution in [2.24, 2.45) is 0 Å². The average Bonchev–Trinajstić information content (AvgIpc) is 3.07. The Kier molecular flexibility index (Phi) is 13.5. The smallest absolute Gasteiger partial charge is 0.169 e. The lowest BCUT2D eigenvalue weighted by atomic mass is 9.94. The van der Waals surface area contributed by atoms with Crippen molar-refractivity contribution in [2.75, 3.05) is 13.2 Å². The van der Waals surface area contributed by atoms with Gasteiger partial charge in [-0.2, -0.15) is 0 Å². The van der Waals surface area contributed by atoms with Gasteiger partial charge in [-0.15, -0.1) is 10.2 Å². The van der Waals surface area contributed by atoms with E-state index >= 15 is 0 Å². The summed E-state index contributed by atoms with van der Waals surface area (Å²) in [6, 6.07) is 22.7. The van der Waals surface area contributed by atoms with Gasteiger partial charge in [0.05, 0.1) is 19.4 Å². The van der Waals surface area contributed by atoms with Crippen LogP contribution in [0.2, 0.25) is 0 Å². The maximum atomic E-state index is 7.02. The van der Waals surface area contributed by atoms with E-state index in [9.17, 15) is 0 Å². The summed E-state index contributed by atoms with van der Waals surface area (Å²) < 4.78 is 20.3. The van der Waals surface area contributed by atoms with Crippen molar-refractivity contribution < 1.29 is 14.2 Å². The van der Waals surface area contributed by atoms with Crippen LogP contribution in [0.1, 0.15) is 107 Å². The Morgan fingerprint density at radius 1 is 0.614 bits per heavy atom. The summed E-state index contributed by atoms with van der Waals surface area (Å²) in [7, 11) is 0. The summed E-state index contributed by atoms with van der Waals surface area (Å²) in [4.78, 5) is 0. The highest BCUT2D eigenvalue weighted by Crippen LogP contribution is 2.42. The normalized spacial score (nSPS) is 11.1. The minimum Gasteiger partial charge on any atom is -0.493 e. The Morgan fingerprint density at radius 2 is 1.18 bits per heavy atom. The maximum Gasteiger partial charge on any atom is 0.169 e. The van der Waals surface area contributed by atoms with Crippen LogP contribution in [0.25, 0.3) is 11.3 Å². The molecule has 0 atom stereocenters. The molecule has 0 saturated heterocycles. The number of ether oxygens (including phenoxy) is 3. The molecule has 0 fully saturated rings. The van der Waals surface area contributed by atoms with Crippen molar-refractivity contribution in [3.8, 4) is 28.5 Å². The van der Waals surface area contributed by atoms with Gasteiger partial charge in [0.25, 0.3) is 0 Å². The highest BCUT2D eigenvalue weighted by atomic mass is 16.5. The summed E-state index contributed by atoms with van der Waals surface area (Å²) in [6.07, 6.45) is 12.0. The number of hydrogen-bond acceptors (Lipinski definition) is 6. The van der Waals surface area contributed by atoms with E-state index < -0.39 is 6.10 Å². The second-order valence-electron chi connectivity index (χ2n) is 11.2. The van der Waals surface area contributed by atoms with Crippen LogP contribution >= 0.6 is 0 Å². The highest BCUT2D eigenvalue weighted by molar-refractivity contribution is 5.65. The summed E-state index contributed by atoms with van der Waals surface area (Å²) in [5, 5.41) is 12.5. The Bertz CT molecular complexity index is 1340. The van der Waals surface area contributed by atoms with E-state index in [4.69, 9.17) is 14.2 Å². The SMILES string of the molecule is CCCCCCOc1c(CC)cccc1C(Oc1cnnnc1-c1ccccc1)c1cccc(CC)c1OCCCCCC. The average molecular weight is 596 g/mol. The van der Waals surface area contributed by atoms with Crippen molar-refractivity contribution in [1.29, 1.82) is 0 Å². The van der Waals surface area contributed by atoms with Gasteiger partial charge in [0.1, 0.15) is 17.2 Å². The van der Waals surface area contributed by atoms with Gasteiger partial charge in [0.2, 0.25) is 0 Å². The van der Waals surface area contributed by atoms with E-state index in [1.165, 1.54) is 25.7 Å². The molecule has 1 heterocycles. The van der Waals surface area contributed by atoms with E-state index in [1.807, 2.05) is 30.3 Å². The summed E-state index contributed by atoms with van der Waals surface area (Å²) >= 11 is 0. The van der Waals surface area contributed by atoms with Gasteiger partial charge >= 0.3 is 0 Å². The van der Waals surface area contributed by atoms with Crippen LogP contribution in [0.4, 0.5) is 0 Å². The molecule has 0 radical (unpaired) electrons. The third-order valence-corrected chi connectivity index (χ3v) is 7.97. The lowest BCUT2D eigenvalue weighted by Crippen LogP contribution is -2.16. The van der Waals surface area contributed by atoms with E-state index in [1.54, 1.807) is 6.20 Å². The maximum absolute atomic E-state index is 7.02. The predicted molar refractivity (Wildman–Crippen MR) is 179 cm³/mol. The van der Waals surface area contributed by atoms with Crippen LogP contribution in [0, 0.1) is 0 Å². The molecular weight excluding hydrogens is 546 g/mol. The second kappa shape index (κ2) is 18.0. The van der Waals surface area contributed by atoms with Crippen molar-refractivity contribution in [3.05, 3.63) is 95.2 Å². The lowest BCUT2D eigenvalue weighted by molar-refractivity contribution is 0.221. The number of rotatable bonds is 19. The van der Waals surface area contributed by atoms with Gasteiger partial charge in [-0.25, -0.2) is 0 Å². The van der Waals surface area contributed by atoms with Gasteiger partial charge in [-0.1, -0.05) is 133 Å².